The lowest BCUT2D eigenvalue weighted by molar-refractivity contribution is -0.133. The molecule has 0 bridgehead atoms. The minimum absolute atomic E-state index is 0.0268. The Labute approximate surface area is 264 Å². The number of unbranched alkanes of at least 4 members (excludes halogenated alkanes) is 2. The number of allylic oxidation sites excluding steroid dienone is 1. The molecule has 5 aliphatic rings. The predicted molar refractivity (Wildman–Crippen MR) is 172 cm³/mol. The number of nitrogens with zero attached hydrogens (tertiary/aromatic N) is 1. The first-order chi connectivity index (χ1) is 21.4. The number of fused-ring (bicyclic) bond motifs is 3. The summed E-state index contributed by atoms with van der Waals surface area (Å²) in [5.74, 6) is 3.54. The predicted octanol–water partition coefficient (Wildman–Crippen LogP) is 7.61. The quantitative estimate of drug-likeness (QED) is 0.219. The van der Waals surface area contributed by atoms with Gasteiger partial charge in [-0.2, -0.15) is 0 Å². The molecule has 6 atom stereocenters. The third kappa shape index (κ3) is 6.39. The normalized spacial score (nSPS) is 31.7. The van der Waals surface area contributed by atoms with Gasteiger partial charge in [0.05, 0.1) is 18.8 Å². The molecule has 1 saturated carbocycles. The zero-order valence-corrected chi connectivity index (χ0v) is 27.4. The summed E-state index contributed by atoms with van der Waals surface area (Å²) in [6, 6.07) is 9.65. The van der Waals surface area contributed by atoms with Crippen molar-refractivity contribution in [2.45, 2.75) is 122 Å². The Morgan fingerprint density at radius 3 is 2.66 bits per heavy atom. The second kappa shape index (κ2) is 13.8. The van der Waals surface area contributed by atoms with Crippen LogP contribution in [0.2, 0.25) is 0 Å². The number of aliphatic hydroxyl groups is 1. The Bertz CT molecular complexity index is 1290. The Hall–Kier alpha value is -2.57. The molecular formula is C38H53NO5. The molecule has 6 nitrogen and oxygen atoms in total. The van der Waals surface area contributed by atoms with E-state index in [0.717, 1.165) is 50.8 Å². The van der Waals surface area contributed by atoms with Gasteiger partial charge >= 0.3 is 5.97 Å². The van der Waals surface area contributed by atoms with E-state index in [1.165, 1.54) is 56.1 Å². The maximum atomic E-state index is 12.5. The average molecular weight is 604 g/mol. The Morgan fingerprint density at radius 1 is 1.09 bits per heavy atom. The standard InChI is InChI=1S/C38H53NO5/c1-5-6-7-12-26-15-10-16-28(19-26)20-29-21-30(32(40)23-27-13-8-9-14-27)39-18-11-17-33-34(31(39)22-29)24(2)36(43-33)37-35(42-4)25(3)38(41)44-37/h10,15-17,19,24,27,29-32,34,40H,5-9,11-14,18,20-23H2,1-4H3/b37-36-/t24-,29-,30-,31-,32-,34+/m0/s1. The van der Waals surface area contributed by atoms with Gasteiger partial charge in [-0.05, 0) is 80.9 Å². The van der Waals surface area contributed by atoms with Gasteiger partial charge in [0.1, 0.15) is 5.76 Å². The number of hydrogen-bond acceptors (Lipinski definition) is 6. The number of carbonyl (C=O) groups is 1. The second-order valence-electron chi connectivity index (χ2n) is 14.2. The van der Waals surface area contributed by atoms with Gasteiger partial charge in [0.15, 0.2) is 11.5 Å². The van der Waals surface area contributed by atoms with Crippen LogP contribution in [-0.2, 0) is 31.8 Å². The number of piperidine rings is 1. The van der Waals surface area contributed by atoms with E-state index in [9.17, 15) is 9.90 Å². The fraction of sp³-hybridized carbons (Fsp3) is 0.658. The van der Waals surface area contributed by atoms with E-state index in [-0.39, 0.29) is 36.0 Å². The lowest BCUT2D eigenvalue weighted by atomic mass is 9.73. The van der Waals surface area contributed by atoms with Crippen LogP contribution in [-0.4, -0.2) is 47.8 Å². The highest BCUT2D eigenvalue weighted by Crippen LogP contribution is 2.50. The van der Waals surface area contributed by atoms with Crippen LogP contribution in [0.25, 0.3) is 0 Å². The highest BCUT2D eigenvalue weighted by Gasteiger charge is 2.51. The monoisotopic (exact) mass is 603 g/mol. The van der Waals surface area contributed by atoms with Crippen LogP contribution in [0.1, 0.15) is 103 Å². The fourth-order valence-corrected chi connectivity index (χ4v) is 8.99. The topological polar surface area (TPSA) is 68.2 Å². The number of esters is 1. The molecule has 6 rings (SSSR count). The Morgan fingerprint density at radius 2 is 1.89 bits per heavy atom. The molecule has 0 amide bonds. The van der Waals surface area contributed by atoms with Crippen LogP contribution >= 0.6 is 0 Å². The van der Waals surface area contributed by atoms with Gasteiger partial charge in [0, 0.05) is 30.5 Å². The van der Waals surface area contributed by atoms with Gasteiger partial charge < -0.3 is 19.3 Å². The Kier molecular flexibility index (Phi) is 9.87. The molecule has 6 heteroatoms. The zero-order chi connectivity index (χ0) is 30.8. The molecular weight excluding hydrogens is 550 g/mol. The van der Waals surface area contributed by atoms with Crippen LogP contribution in [0.3, 0.4) is 0 Å². The van der Waals surface area contributed by atoms with Crippen molar-refractivity contribution in [1.29, 1.82) is 0 Å². The van der Waals surface area contributed by atoms with E-state index in [2.05, 4.69) is 49.1 Å². The first-order valence-electron chi connectivity index (χ1n) is 17.5. The summed E-state index contributed by atoms with van der Waals surface area (Å²) >= 11 is 0. The van der Waals surface area contributed by atoms with Crippen LogP contribution in [0.15, 0.2) is 59.0 Å². The van der Waals surface area contributed by atoms with Crippen molar-refractivity contribution < 1.29 is 24.1 Å². The number of cyclic esters (lactones) is 1. The highest BCUT2D eigenvalue weighted by atomic mass is 16.6. The van der Waals surface area contributed by atoms with Crippen LogP contribution < -0.4 is 0 Å². The van der Waals surface area contributed by atoms with E-state index in [1.54, 1.807) is 14.0 Å². The largest absolute Gasteiger partial charge is 0.492 e. The Balaban J connectivity index is 1.29. The van der Waals surface area contributed by atoms with Crippen LogP contribution in [0.5, 0.6) is 0 Å². The van der Waals surface area contributed by atoms with E-state index in [4.69, 9.17) is 14.2 Å². The first kappa shape index (κ1) is 31.4. The molecule has 1 aromatic carbocycles. The molecule has 3 fully saturated rings. The average Bonchev–Trinajstić information content (AvgIpc) is 3.68. The highest BCUT2D eigenvalue weighted by molar-refractivity contribution is 5.93. The molecule has 0 spiro atoms. The molecule has 0 aromatic heterocycles. The van der Waals surface area contributed by atoms with Crippen molar-refractivity contribution in [3.8, 4) is 0 Å². The molecule has 4 heterocycles. The van der Waals surface area contributed by atoms with Gasteiger partial charge in [-0.1, -0.05) is 76.6 Å². The molecule has 1 aliphatic carbocycles. The summed E-state index contributed by atoms with van der Waals surface area (Å²) in [6.07, 6.45) is 16.9. The minimum atomic E-state index is -0.368. The number of rotatable bonds is 10. The molecule has 0 radical (unpaired) electrons. The van der Waals surface area contributed by atoms with Gasteiger partial charge in [-0.3, -0.25) is 4.90 Å². The van der Waals surface area contributed by atoms with Crippen molar-refractivity contribution in [3.05, 3.63) is 70.1 Å². The summed E-state index contributed by atoms with van der Waals surface area (Å²) < 4.78 is 17.9. The van der Waals surface area contributed by atoms with Gasteiger partial charge in [0.25, 0.3) is 0 Å². The SMILES string of the molecule is CCCCCc1cccc(C[C@@H]2C[C@H]3[C@@H]4C(=CCCN3[C@H]([C@@H](O)CC3CCCC3)C2)O/C(=C2\OC(=O)C(C)=C2OC)[C@H]4C)c1. The third-order valence-corrected chi connectivity index (χ3v) is 11.2. The summed E-state index contributed by atoms with van der Waals surface area (Å²) in [6.45, 7) is 7.16. The van der Waals surface area contributed by atoms with E-state index >= 15 is 0 Å². The number of ether oxygens (including phenoxy) is 3. The molecule has 1 N–H and O–H groups in total. The van der Waals surface area contributed by atoms with Gasteiger partial charge in [-0.15, -0.1) is 0 Å². The number of aryl methyl sites for hydroxylation is 1. The molecule has 1 aromatic rings. The second-order valence-corrected chi connectivity index (χ2v) is 14.2. The molecule has 2 saturated heterocycles. The van der Waals surface area contributed by atoms with Gasteiger partial charge in [-0.25, -0.2) is 4.79 Å². The molecule has 240 valence electrons. The van der Waals surface area contributed by atoms with Crippen molar-refractivity contribution in [1.82, 2.24) is 4.90 Å². The summed E-state index contributed by atoms with van der Waals surface area (Å²) in [7, 11) is 1.58. The van der Waals surface area contributed by atoms with Crippen molar-refractivity contribution in [3.63, 3.8) is 0 Å². The lowest BCUT2D eigenvalue weighted by Crippen LogP contribution is -2.57. The molecule has 44 heavy (non-hydrogen) atoms. The smallest absolute Gasteiger partial charge is 0.343 e. The minimum Gasteiger partial charge on any atom is -0.492 e. The lowest BCUT2D eigenvalue weighted by Gasteiger charge is -2.49. The summed E-state index contributed by atoms with van der Waals surface area (Å²) in [5, 5.41) is 11.9. The maximum absolute atomic E-state index is 12.5. The zero-order valence-electron chi connectivity index (χ0n) is 27.4. The number of benzene rings is 1. The van der Waals surface area contributed by atoms with Gasteiger partial charge in [0.2, 0.25) is 5.76 Å². The van der Waals surface area contributed by atoms with Crippen molar-refractivity contribution >= 4 is 5.97 Å². The van der Waals surface area contributed by atoms with E-state index < -0.39 is 0 Å². The third-order valence-electron chi connectivity index (χ3n) is 11.2. The number of methoxy groups -OCH3 is 1. The molecule has 0 unspecified atom stereocenters. The van der Waals surface area contributed by atoms with Crippen LogP contribution in [0.4, 0.5) is 0 Å². The summed E-state index contributed by atoms with van der Waals surface area (Å²) in [5.41, 5.74) is 3.36. The maximum Gasteiger partial charge on any atom is 0.343 e. The fourth-order valence-electron chi connectivity index (χ4n) is 8.99. The van der Waals surface area contributed by atoms with E-state index in [1.807, 2.05) is 0 Å². The van der Waals surface area contributed by atoms with Crippen molar-refractivity contribution in [2.24, 2.45) is 23.7 Å². The number of carbonyl (C=O) groups excluding carboxylic acids is 1. The van der Waals surface area contributed by atoms with Crippen molar-refractivity contribution in [2.75, 3.05) is 13.7 Å². The summed E-state index contributed by atoms with van der Waals surface area (Å²) in [4.78, 5) is 15.1. The first-order valence-corrected chi connectivity index (χ1v) is 17.5. The number of aliphatic hydroxyl groups excluding tert-OH is 1. The number of hydrogen-bond donors (Lipinski definition) is 1. The molecule has 4 aliphatic heterocycles. The van der Waals surface area contributed by atoms with Crippen LogP contribution in [0, 0.1) is 23.7 Å². The van der Waals surface area contributed by atoms with E-state index in [0.29, 0.717) is 34.7 Å².